The number of hydrogen-bond donors (Lipinski definition) is 0. The van der Waals surface area contributed by atoms with Crippen LogP contribution in [-0.4, -0.2) is 52.8 Å². The number of fused-ring (bicyclic) bond motifs is 1. The Hall–Kier alpha value is -3.09. The van der Waals surface area contributed by atoms with Crippen molar-refractivity contribution in [3.8, 4) is 0 Å². The van der Waals surface area contributed by atoms with Crippen LogP contribution in [0.25, 0.3) is 11.1 Å². The van der Waals surface area contributed by atoms with Gasteiger partial charge in [-0.15, -0.1) is 0 Å². The number of oxazole rings is 1. The van der Waals surface area contributed by atoms with Gasteiger partial charge in [0.1, 0.15) is 5.52 Å². The van der Waals surface area contributed by atoms with E-state index in [9.17, 15) is 9.59 Å². The third-order valence-electron chi connectivity index (χ3n) is 4.16. The Morgan fingerprint density at radius 1 is 0.958 bits per heavy atom. The summed E-state index contributed by atoms with van der Waals surface area (Å²) in [7, 11) is 0. The van der Waals surface area contributed by atoms with E-state index in [2.05, 4.69) is 4.98 Å². The first-order valence-corrected chi connectivity index (χ1v) is 7.68. The molecule has 1 aliphatic heterocycles. The van der Waals surface area contributed by atoms with Crippen molar-refractivity contribution in [1.29, 1.82) is 0 Å². The standard InChI is InChI=1S/C17H15N3O4/c21-16(12-3-4-13-15(10-12)24-11-18-13)19-5-7-20(8-6-19)17(22)14-2-1-9-23-14/h1-4,9-11H,5-8H2. The van der Waals surface area contributed by atoms with Crippen LogP contribution in [-0.2, 0) is 0 Å². The van der Waals surface area contributed by atoms with Crippen LogP contribution in [0, 0.1) is 0 Å². The summed E-state index contributed by atoms with van der Waals surface area (Å²) in [5, 5.41) is 0. The van der Waals surface area contributed by atoms with Crippen LogP contribution in [0.2, 0.25) is 0 Å². The fourth-order valence-corrected chi connectivity index (χ4v) is 2.84. The van der Waals surface area contributed by atoms with Gasteiger partial charge >= 0.3 is 0 Å². The van der Waals surface area contributed by atoms with Crippen molar-refractivity contribution < 1.29 is 18.4 Å². The number of piperazine rings is 1. The SMILES string of the molecule is O=C(c1ccc2ncoc2c1)N1CCN(C(=O)c2ccco2)CC1. The summed E-state index contributed by atoms with van der Waals surface area (Å²) >= 11 is 0. The minimum atomic E-state index is -0.143. The van der Waals surface area contributed by atoms with Gasteiger partial charge in [0.05, 0.1) is 6.26 Å². The molecule has 2 aromatic heterocycles. The summed E-state index contributed by atoms with van der Waals surface area (Å²) in [5.41, 5.74) is 1.87. The Morgan fingerprint density at radius 3 is 2.42 bits per heavy atom. The zero-order chi connectivity index (χ0) is 16.5. The molecule has 7 heteroatoms. The molecule has 0 aliphatic carbocycles. The topological polar surface area (TPSA) is 79.8 Å². The fourth-order valence-electron chi connectivity index (χ4n) is 2.84. The highest BCUT2D eigenvalue weighted by Crippen LogP contribution is 2.17. The van der Waals surface area contributed by atoms with Crippen molar-refractivity contribution in [1.82, 2.24) is 14.8 Å². The molecule has 1 aromatic carbocycles. The molecule has 1 aliphatic rings. The number of benzene rings is 1. The van der Waals surface area contributed by atoms with Gasteiger partial charge in [-0.3, -0.25) is 9.59 Å². The van der Waals surface area contributed by atoms with Crippen molar-refractivity contribution in [2.24, 2.45) is 0 Å². The Kier molecular flexibility index (Phi) is 3.53. The van der Waals surface area contributed by atoms with Crippen molar-refractivity contribution in [3.63, 3.8) is 0 Å². The van der Waals surface area contributed by atoms with Gasteiger partial charge in [-0.1, -0.05) is 0 Å². The highest BCUT2D eigenvalue weighted by atomic mass is 16.3. The highest BCUT2D eigenvalue weighted by molar-refractivity contribution is 5.97. The second-order valence-electron chi connectivity index (χ2n) is 5.60. The van der Waals surface area contributed by atoms with Crippen LogP contribution in [0.1, 0.15) is 20.9 Å². The normalized spacial score (nSPS) is 15.0. The third kappa shape index (κ3) is 2.54. The lowest BCUT2D eigenvalue weighted by molar-refractivity contribution is 0.0518. The van der Waals surface area contributed by atoms with Gasteiger partial charge in [0.2, 0.25) is 0 Å². The first kappa shape index (κ1) is 14.5. The Bertz CT molecular complexity index is 876. The lowest BCUT2D eigenvalue weighted by Gasteiger charge is -2.34. The van der Waals surface area contributed by atoms with Crippen molar-refractivity contribution in [2.45, 2.75) is 0 Å². The number of nitrogens with zero attached hydrogens (tertiary/aromatic N) is 3. The predicted molar refractivity (Wildman–Crippen MR) is 84.5 cm³/mol. The van der Waals surface area contributed by atoms with E-state index in [-0.39, 0.29) is 11.8 Å². The molecule has 1 fully saturated rings. The summed E-state index contributed by atoms with van der Waals surface area (Å²) in [4.78, 5) is 32.3. The number of aromatic nitrogens is 1. The molecule has 0 saturated carbocycles. The van der Waals surface area contributed by atoms with Gasteiger partial charge in [0, 0.05) is 31.7 Å². The Morgan fingerprint density at radius 2 is 1.71 bits per heavy atom. The summed E-state index contributed by atoms with van der Waals surface area (Å²) in [6.07, 6.45) is 2.84. The molecule has 24 heavy (non-hydrogen) atoms. The van der Waals surface area contributed by atoms with Crippen LogP contribution in [0.4, 0.5) is 0 Å². The van der Waals surface area contributed by atoms with Gasteiger partial charge in [0.25, 0.3) is 11.8 Å². The number of hydrogen-bond acceptors (Lipinski definition) is 5. The van der Waals surface area contributed by atoms with Crippen molar-refractivity contribution in [2.75, 3.05) is 26.2 Å². The van der Waals surface area contributed by atoms with Crippen LogP contribution < -0.4 is 0 Å². The number of rotatable bonds is 2. The van der Waals surface area contributed by atoms with Gasteiger partial charge in [-0.2, -0.15) is 0 Å². The van der Waals surface area contributed by atoms with Crippen molar-refractivity contribution >= 4 is 22.9 Å². The molecule has 0 N–H and O–H groups in total. The first-order valence-electron chi connectivity index (χ1n) is 7.68. The minimum absolute atomic E-state index is 0.0709. The number of furan rings is 1. The molecular formula is C17H15N3O4. The van der Waals surface area contributed by atoms with E-state index in [4.69, 9.17) is 8.83 Å². The zero-order valence-corrected chi connectivity index (χ0v) is 12.8. The molecule has 0 atom stereocenters. The quantitative estimate of drug-likeness (QED) is 0.720. The highest BCUT2D eigenvalue weighted by Gasteiger charge is 2.26. The lowest BCUT2D eigenvalue weighted by Crippen LogP contribution is -2.50. The summed E-state index contributed by atoms with van der Waals surface area (Å²) in [5.74, 6) is 0.110. The van der Waals surface area contributed by atoms with Gasteiger partial charge in [0.15, 0.2) is 17.7 Å². The predicted octanol–water partition coefficient (Wildman–Crippen LogP) is 2.02. The van der Waals surface area contributed by atoms with Crippen LogP contribution in [0.5, 0.6) is 0 Å². The maximum Gasteiger partial charge on any atom is 0.289 e. The van der Waals surface area contributed by atoms with Gasteiger partial charge in [-0.25, -0.2) is 4.98 Å². The third-order valence-corrected chi connectivity index (χ3v) is 4.16. The van der Waals surface area contributed by atoms with Crippen molar-refractivity contribution in [3.05, 3.63) is 54.3 Å². The van der Waals surface area contributed by atoms with E-state index in [0.29, 0.717) is 43.1 Å². The molecule has 4 rings (SSSR count). The molecule has 7 nitrogen and oxygen atoms in total. The van der Waals surface area contributed by atoms with E-state index >= 15 is 0 Å². The molecule has 3 heterocycles. The van der Waals surface area contributed by atoms with E-state index in [1.54, 1.807) is 40.1 Å². The van der Waals surface area contributed by atoms with E-state index in [1.807, 2.05) is 0 Å². The lowest BCUT2D eigenvalue weighted by atomic mass is 10.1. The average Bonchev–Trinajstić information content (AvgIpc) is 3.31. The molecule has 2 amide bonds. The summed E-state index contributed by atoms with van der Waals surface area (Å²) in [6, 6.07) is 8.54. The molecular weight excluding hydrogens is 310 g/mol. The largest absolute Gasteiger partial charge is 0.459 e. The second-order valence-corrected chi connectivity index (χ2v) is 5.60. The Balaban J connectivity index is 1.43. The second kappa shape index (κ2) is 5.84. The number of carbonyl (C=O) groups is 2. The molecule has 122 valence electrons. The monoisotopic (exact) mass is 325 g/mol. The average molecular weight is 325 g/mol. The minimum Gasteiger partial charge on any atom is -0.459 e. The van der Waals surface area contributed by atoms with Crippen LogP contribution >= 0.6 is 0 Å². The van der Waals surface area contributed by atoms with Crippen LogP contribution in [0.15, 0.2) is 51.8 Å². The zero-order valence-electron chi connectivity index (χ0n) is 12.8. The molecule has 0 unspecified atom stereocenters. The maximum atomic E-state index is 12.6. The first-order chi connectivity index (χ1) is 11.7. The number of amides is 2. The fraction of sp³-hybridized carbons (Fsp3) is 0.235. The summed E-state index contributed by atoms with van der Waals surface area (Å²) in [6.45, 7) is 1.94. The molecule has 0 radical (unpaired) electrons. The number of carbonyl (C=O) groups excluding carboxylic acids is 2. The van der Waals surface area contributed by atoms with Crippen LogP contribution in [0.3, 0.4) is 0 Å². The van der Waals surface area contributed by atoms with Gasteiger partial charge < -0.3 is 18.6 Å². The summed E-state index contributed by atoms with van der Waals surface area (Å²) < 4.78 is 10.4. The molecule has 0 spiro atoms. The smallest absolute Gasteiger partial charge is 0.289 e. The molecule has 3 aromatic rings. The Labute approximate surface area is 137 Å². The molecule has 1 saturated heterocycles. The van der Waals surface area contributed by atoms with Gasteiger partial charge in [-0.05, 0) is 30.3 Å². The molecule has 0 bridgehead atoms. The van der Waals surface area contributed by atoms with E-state index in [0.717, 1.165) is 5.52 Å². The maximum absolute atomic E-state index is 12.6. The van der Waals surface area contributed by atoms with E-state index in [1.165, 1.54) is 12.7 Å². The van der Waals surface area contributed by atoms with E-state index < -0.39 is 0 Å².